The van der Waals surface area contributed by atoms with E-state index in [9.17, 15) is 18.0 Å². The molecule has 1 amide bonds. The highest BCUT2D eigenvalue weighted by Gasteiger charge is 2.32. The van der Waals surface area contributed by atoms with Gasteiger partial charge in [0.1, 0.15) is 9.09 Å². The third-order valence-electron chi connectivity index (χ3n) is 4.54. The van der Waals surface area contributed by atoms with Gasteiger partial charge in [0.05, 0.1) is 11.6 Å². The van der Waals surface area contributed by atoms with Crippen molar-refractivity contribution >= 4 is 49.6 Å². The molecule has 0 unspecified atom stereocenters. The van der Waals surface area contributed by atoms with E-state index in [4.69, 9.17) is 4.74 Å². The highest BCUT2D eigenvalue weighted by atomic mass is 32.2. The summed E-state index contributed by atoms with van der Waals surface area (Å²) in [5.41, 5.74) is 0.760. The van der Waals surface area contributed by atoms with Crippen LogP contribution in [0.25, 0.3) is 0 Å². The quantitative estimate of drug-likeness (QED) is 0.693. The number of ether oxygens (including phenoxy) is 1. The molecule has 28 heavy (non-hydrogen) atoms. The van der Waals surface area contributed by atoms with E-state index in [0.29, 0.717) is 46.6 Å². The molecule has 0 aromatic carbocycles. The monoisotopic (exact) mass is 442 g/mol. The predicted octanol–water partition coefficient (Wildman–Crippen LogP) is 3.33. The van der Waals surface area contributed by atoms with Crippen LogP contribution in [-0.2, 0) is 19.6 Å². The Kier molecular flexibility index (Phi) is 6.54. The number of carbonyl (C=O) groups is 2. The van der Waals surface area contributed by atoms with Crippen LogP contribution in [0.2, 0.25) is 0 Å². The minimum absolute atomic E-state index is 0.148. The lowest BCUT2D eigenvalue weighted by Gasteiger charge is -2.30. The number of carbonyl (C=O) groups excluding carboxylic acids is 2. The average Bonchev–Trinajstić information content (AvgIpc) is 3.32. The second-order valence-corrected chi connectivity index (χ2v) is 10.6. The third-order valence-corrected chi connectivity index (χ3v) is 8.94. The molecule has 1 aliphatic heterocycles. The summed E-state index contributed by atoms with van der Waals surface area (Å²) in [6, 6.07) is 5.07. The average molecular weight is 443 g/mol. The molecule has 0 aliphatic carbocycles. The van der Waals surface area contributed by atoms with Gasteiger partial charge in [-0.05, 0) is 49.8 Å². The van der Waals surface area contributed by atoms with Crippen molar-refractivity contribution in [2.45, 2.75) is 30.9 Å². The maximum atomic E-state index is 12.6. The second-order valence-electron chi connectivity index (χ2n) is 6.44. The first-order chi connectivity index (χ1) is 13.3. The zero-order valence-corrected chi connectivity index (χ0v) is 18.1. The van der Waals surface area contributed by atoms with Gasteiger partial charge < -0.3 is 10.1 Å². The number of sulfonamides is 1. The lowest BCUT2D eigenvalue weighted by Crippen LogP contribution is -2.41. The minimum atomic E-state index is -3.47. The van der Waals surface area contributed by atoms with Crippen molar-refractivity contribution in [1.82, 2.24) is 4.31 Å². The smallest absolute Gasteiger partial charge is 0.348 e. The molecule has 1 aliphatic rings. The molecule has 3 rings (SSSR count). The number of hydrogen-bond acceptors (Lipinski definition) is 7. The Morgan fingerprint density at radius 1 is 1.32 bits per heavy atom. The summed E-state index contributed by atoms with van der Waals surface area (Å²) in [5.74, 6) is -0.800. The first kappa shape index (κ1) is 21.0. The van der Waals surface area contributed by atoms with Crippen LogP contribution < -0.4 is 5.32 Å². The van der Waals surface area contributed by atoms with E-state index in [1.807, 2.05) is 0 Å². The van der Waals surface area contributed by atoms with Crippen molar-refractivity contribution in [3.8, 4) is 0 Å². The summed E-state index contributed by atoms with van der Waals surface area (Å²) >= 11 is 2.39. The molecule has 0 atom stereocenters. The maximum absolute atomic E-state index is 12.6. The molecule has 0 saturated carbocycles. The molecule has 0 radical (unpaired) electrons. The van der Waals surface area contributed by atoms with Crippen LogP contribution in [0.3, 0.4) is 0 Å². The van der Waals surface area contributed by atoms with Gasteiger partial charge >= 0.3 is 5.97 Å². The van der Waals surface area contributed by atoms with Crippen molar-refractivity contribution in [2.75, 3.05) is 25.0 Å². The Morgan fingerprint density at radius 2 is 2.04 bits per heavy atom. The number of nitrogens with zero attached hydrogens (tertiary/aromatic N) is 1. The zero-order valence-electron chi connectivity index (χ0n) is 15.6. The van der Waals surface area contributed by atoms with Crippen LogP contribution in [0.15, 0.2) is 27.8 Å². The molecular weight excluding hydrogens is 420 g/mol. The Hall–Kier alpha value is -1.75. The summed E-state index contributed by atoms with van der Waals surface area (Å²) in [7, 11) is -3.47. The van der Waals surface area contributed by atoms with Gasteiger partial charge in [0.2, 0.25) is 5.91 Å². The Labute approximate surface area is 172 Å². The fraction of sp³-hybridized carbons (Fsp3) is 0.444. The summed E-state index contributed by atoms with van der Waals surface area (Å²) < 4.78 is 31.9. The molecule has 1 N–H and O–H groups in total. The molecule has 152 valence electrons. The van der Waals surface area contributed by atoms with E-state index >= 15 is 0 Å². The predicted molar refractivity (Wildman–Crippen MR) is 109 cm³/mol. The molecule has 10 heteroatoms. The molecule has 0 bridgehead atoms. The standard InChI is InChI=1S/C18H22N2O5S3/c1-3-25-18(22)16-12(2)11-14(27-16)19-17(21)13-6-8-20(9-7-13)28(23,24)15-5-4-10-26-15/h4-5,10-11,13H,3,6-9H2,1-2H3,(H,19,21). The van der Waals surface area contributed by atoms with E-state index in [-0.39, 0.29) is 11.8 Å². The summed E-state index contributed by atoms with van der Waals surface area (Å²) in [4.78, 5) is 25.0. The van der Waals surface area contributed by atoms with E-state index in [0.717, 1.165) is 5.56 Å². The van der Waals surface area contributed by atoms with Crippen LogP contribution >= 0.6 is 22.7 Å². The van der Waals surface area contributed by atoms with Crippen molar-refractivity contribution < 1.29 is 22.7 Å². The van der Waals surface area contributed by atoms with Gasteiger partial charge in [-0.15, -0.1) is 22.7 Å². The normalized spacial score (nSPS) is 16.1. The first-order valence-electron chi connectivity index (χ1n) is 8.95. The van der Waals surface area contributed by atoms with Crippen molar-refractivity contribution in [3.63, 3.8) is 0 Å². The van der Waals surface area contributed by atoms with Crippen LogP contribution in [-0.4, -0.2) is 44.3 Å². The molecule has 3 heterocycles. The van der Waals surface area contributed by atoms with Gasteiger partial charge in [0.25, 0.3) is 10.0 Å². The summed E-state index contributed by atoms with van der Waals surface area (Å²) in [6.45, 7) is 4.47. The van der Waals surface area contributed by atoms with Crippen molar-refractivity contribution in [3.05, 3.63) is 34.0 Å². The van der Waals surface area contributed by atoms with Gasteiger partial charge in [-0.1, -0.05) is 6.07 Å². The number of anilines is 1. The number of hydrogen-bond donors (Lipinski definition) is 1. The number of esters is 1. The van der Waals surface area contributed by atoms with E-state index < -0.39 is 16.0 Å². The number of aryl methyl sites for hydroxylation is 1. The van der Waals surface area contributed by atoms with E-state index in [1.165, 1.54) is 27.0 Å². The maximum Gasteiger partial charge on any atom is 0.348 e. The van der Waals surface area contributed by atoms with Crippen LogP contribution in [0.1, 0.15) is 35.0 Å². The highest BCUT2D eigenvalue weighted by molar-refractivity contribution is 7.91. The minimum Gasteiger partial charge on any atom is -0.462 e. The Bertz CT molecular complexity index is 942. The lowest BCUT2D eigenvalue weighted by molar-refractivity contribution is -0.120. The molecule has 2 aromatic rings. The van der Waals surface area contributed by atoms with Crippen molar-refractivity contribution in [1.29, 1.82) is 0 Å². The fourth-order valence-corrected chi connectivity index (χ4v) is 6.65. The number of amides is 1. The number of nitrogens with one attached hydrogen (secondary N) is 1. The van der Waals surface area contributed by atoms with Gasteiger partial charge in [-0.3, -0.25) is 4.79 Å². The number of thiophene rings is 2. The highest BCUT2D eigenvalue weighted by Crippen LogP contribution is 2.30. The fourth-order valence-electron chi connectivity index (χ4n) is 3.06. The number of rotatable bonds is 6. The second kappa shape index (κ2) is 8.73. The summed E-state index contributed by atoms with van der Waals surface area (Å²) in [5, 5.41) is 5.19. The zero-order chi connectivity index (χ0) is 20.3. The molecule has 2 aromatic heterocycles. The molecule has 1 fully saturated rings. The molecular formula is C18H22N2O5S3. The van der Waals surface area contributed by atoms with Gasteiger partial charge in [-0.2, -0.15) is 4.31 Å². The molecule has 7 nitrogen and oxygen atoms in total. The molecule has 0 spiro atoms. The SMILES string of the molecule is CCOC(=O)c1sc(NC(=O)C2CCN(S(=O)(=O)c3cccs3)CC2)cc1C. The molecule has 1 saturated heterocycles. The van der Waals surface area contributed by atoms with Crippen molar-refractivity contribution in [2.24, 2.45) is 5.92 Å². The van der Waals surface area contributed by atoms with Gasteiger partial charge in [0.15, 0.2) is 0 Å². The van der Waals surface area contributed by atoms with Crippen LogP contribution in [0, 0.1) is 12.8 Å². The lowest BCUT2D eigenvalue weighted by atomic mass is 9.97. The summed E-state index contributed by atoms with van der Waals surface area (Å²) in [6.07, 6.45) is 0.928. The topological polar surface area (TPSA) is 92.8 Å². The Balaban J connectivity index is 1.59. The van der Waals surface area contributed by atoms with E-state index in [2.05, 4.69) is 5.32 Å². The van der Waals surface area contributed by atoms with Gasteiger partial charge in [0, 0.05) is 19.0 Å². The van der Waals surface area contributed by atoms with Crippen LogP contribution in [0.5, 0.6) is 0 Å². The Morgan fingerprint density at radius 3 is 2.64 bits per heavy atom. The third kappa shape index (κ3) is 4.45. The van der Waals surface area contributed by atoms with Crippen LogP contribution in [0.4, 0.5) is 5.00 Å². The largest absolute Gasteiger partial charge is 0.462 e. The van der Waals surface area contributed by atoms with Gasteiger partial charge in [-0.25, -0.2) is 13.2 Å². The number of piperidine rings is 1. The first-order valence-corrected chi connectivity index (χ1v) is 12.1. The van der Waals surface area contributed by atoms with E-state index in [1.54, 1.807) is 37.4 Å².